The molecule has 1 nitrogen and oxygen atoms in total. The number of aliphatic imine (C=N–C) groups is 1. The van der Waals surface area contributed by atoms with Crippen molar-refractivity contribution in [2.45, 2.75) is 6.92 Å². The molecule has 0 radical (unpaired) electrons. The molecule has 0 bridgehead atoms. The minimum Gasteiger partial charge on any atom is -0.264 e. The summed E-state index contributed by atoms with van der Waals surface area (Å²) in [6.45, 7) is 2.00. The largest absolute Gasteiger partial charge is 0.264 e. The Morgan fingerprint density at radius 2 is 2.57 bits per heavy atom. The Labute approximate surface area is 43.1 Å². The molecule has 7 heavy (non-hydrogen) atoms. The zero-order valence-electron chi connectivity index (χ0n) is 4.26. The van der Waals surface area contributed by atoms with Crippen molar-refractivity contribution >= 4 is 6.21 Å². The van der Waals surface area contributed by atoms with Gasteiger partial charge in [0.25, 0.3) is 0 Å². The molecule has 36 valence electrons. The Morgan fingerprint density at radius 1 is 1.71 bits per heavy atom. The van der Waals surface area contributed by atoms with Crippen LogP contribution in [0.2, 0.25) is 0 Å². The van der Waals surface area contributed by atoms with Crippen LogP contribution in [0.1, 0.15) is 6.92 Å². The van der Waals surface area contributed by atoms with Gasteiger partial charge in [0.2, 0.25) is 0 Å². The Morgan fingerprint density at radius 3 is 2.86 bits per heavy atom. The molecule has 1 aliphatic heterocycles. The van der Waals surface area contributed by atoms with E-state index >= 15 is 0 Å². The summed E-state index contributed by atoms with van der Waals surface area (Å²) in [4.78, 5) is 3.86. The monoisotopic (exact) mass is 93.1 g/mol. The van der Waals surface area contributed by atoms with Crippen LogP contribution in [0.5, 0.6) is 0 Å². The van der Waals surface area contributed by atoms with Crippen LogP contribution >= 0.6 is 0 Å². The van der Waals surface area contributed by atoms with Gasteiger partial charge in [0.1, 0.15) is 0 Å². The molecular weight excluding hydrogens is 86.1 g/mol. The fourth-order valence-electron chi connectivity index (χ4n) is 0.472. The van der Waals surface area contributed by atoms with Gasteiger partial charge in [0.15, 0.2) is 0 Å². The van der Waals surface area contributed by atoms with Crippen LogP contribution in [-0.4, -0.2) is 6.21 Å². The van der Waals surface area contributed by atoms with Crippen LogP contribution in [0, 0.1) is 0 Å². The molecule has 1 heterocycles. The van der Waals surface area contributed by atoms with Crippen molar-refractivity contribution in [3.8, 4) is 0 Å². The molecule has 0 spiro atoms. The Hall–Kier alpha value is -0.850. The fraction of sp³-hybridized carbons (Fsp3) is 0.167. The molecule has 0 N–H and O–H groups in total. The quantitative estimate of drug-likeness (QED) is 0.430. The van der Waals surface area contributed by atoms with E-state index in [4.69, 9.17) is 0 Å². The zero-order chi connectivity index (χ0) is 5.11. The van der Waals surface area contributed by atoms with Gasteiger partial charge in [-0.25, -0.2) is 0 Å². The summed E-state index contributed by atoms with van der Waals surface area (Å²) in [7, 11) is 0. The highest BCUT2D eigenvalue weighted by molar-refractivity contribution is 5.85. The summed E-state index contributed by atoms with van der Waals surface area (Å²) in [5.41, 5.74) is 1.19. The lowest BCUT2D eigenvalue weighted by atomic mass is 10.3. The molecule has 0 amide bonds. The standard InChI is InChI=1S/C6H7N/c1-2-6-3-4-7-5-6/h2-5H,1H3. The zero-order valence-corrected chi connectivity index (χ0v) is 4.26. The fourth-order valence-corrected chi connectivity index (χ4v) is 0.472. The topological polar surface area (TPSA) is 12.4 Å². The van der Waals surface area contributed by atoms with E-state index in [2.05, 4.69) is 4.99 Å². The highest BCUT2D eigenvalue weighted by Crippen LogP contribution is 1.98. The molecule has 0 aromatic carbocycles. The van der Waals surface area contributed by atoms with Crippen LogP contribution in [-0.2, 0) is 0 Å². The second-order valence-electron chi connectivity index (χ2n) is 1.38. The number of hydrogen-bond donors (Lipinski definition) is 0. The first-order valence-corrected chi connectivity index (χ1v) is 2.29. The Bertz CT molecular complexity index is 126. The maximum absolute atomic E-state index is 3.86. The van der Waals surface area contributed by atoms with Crippen molar-refractivity contribution in [1.29, 1.82) is 0 Å². The second kappa shape index (κ2) is 1.73. The van der Waals surface area contributed by atoms with Gasteiger partial charge in [0.05, 0.1) is 0 Å². The molecule has 1 heteroatoms. The number of rotatable bonds is 0. The van der Waals surface area contributed by atoms with Crippen LogP contribution in [0.4, 0.5) is 0 Å². The van der Waals surface area contributed by atoms with Crippen molar-refractivity contribution in [2.75, 3.05) is 0 Å². The van der Waals surface area contributed by atoms with Crippen LogP contribution in [0.15, 0.2) is 28.9 Å². The van der Waals surface area contributed by atoms with E-state index < -0.39 is 0 Å². The maximum Gasteiger partial charge on any atom is 0.0337 e. The van der Waals surface area contributed by atoms with Crippen LogP contribution in [0.25, 0.3) is 0 Å². The highest BCUT2D eigenvalue weighted by atomic mass is 14.7. The molecule has 1 rings (SSSR count). The minimum absolute atomic E-state index is 1.19. The van der Waals surface area contributed by atoms with E-state index in [9.17, 15) is 0 Å². The van der Waals surface area contributed by atoms with Crippen molar-refractivity contribution in [1.82, 2.24) is 0 Å². The summed E-state index contributed by atoms with van der Waals surface area (Å²) >= 11 is 0. The van der Waals surface area contributed by atoms with Gasteiger partial charge in [-0.15, -0.1) is 0 Å². The molecule has 0 saturated heterocycles. The van der Waals surface area contributed by atoms with Crippen molar-refractivity contribution in [3.05, 3.63) is 23.9 Å². The first-order valence-electron chi connectivity index (χ1n) is 2.29. The SMILES string of the molecule is CC=C1C=CN=C1. The lowest BCUT2D eigenvalue weighted by molar-refractivity contribution is 1.65. The van der Waals surface area contributed by atoms with Gasteiger partial charge < -0.3 is 0 Å². The van der Waals surface area contributed by atoms with Crippen molar-refractivity contribution in [3.63, 3.8) is 0 Å². The summed E-state index contributed by atoms with van der Waals surface area (Å²) < 4.78 is 0. The van der Waals surface area contributed by atoms with Gasteiger partial charge in [0, 0.05) is 12.4 Å². The molecule has 0 saturated carbocycles. The third kappa shape index (κ3) is 0.769. The normalized spacial score (nSPS) is 22.1. The lowest BCUT2D eigenvalue weighted by Gasteiger charge is -1.75. The molecule has 1 aliphatic rings. The maximum atomic E-state index is 3.86. The highest BCUT2D eigenvalue weighted by Gasteiger charge is 1.85. The van der Waals surface area contributed by atoms with Crippen molar-refractivity contribution in [2.24, 2.45) is 4.99 Å². The number of hydrogen-bond acceptors (Lipinski definition) is 1. The van der Waals surface area contributed by atoms with Crippen LogP contribution < -0.4 is 0 Å². The molecule has 0 atom stereocenters. The third-order valence-corrected chi connectivity index (χ3v) is 0.910. The number of allylic oxidation sites excluding steroid dienone is 3. The average Bonchev–Trinajstić information content (AvgIpc) is 2.14. The third-order valence-electron chi connectivity index (χ3n) is 0.910. The smallest absolute Gasteiger partial charge is 0.0337 e. The predicted molar refractivity (Wildman–Crippen MR) is 31.4 cm³/mol. The van der Waals surface area contributed by atoms with Gasteiger partial charge in [-0.2, -0.15) is 0 Å². The average molecular weight is 93.1 g/mol. The van der Waals surface area contributed by atoms with E-state index in [0.29, 0.717) is 0 Å². The first kappa shape index (κ1) is 4.31. The second-order valence-corrected chi connectivity index (χ2v) is 1.38. The summed E-state index contributed by atoms with van der Waals surface area (Å²) in [5, 5.41) is 0. The van der Waals surface area contributed by atoms with Gasteiger partial charge in [-0.3, -0.25) is 4.99 Å². The van der Waals surface area contributed by atoms with Gasteiger partial charge >= 0.3 is 0 Å². The van der Waals surface area contributed by atoms with E-state index in [1.165, 1.54) is 5.57 Å². The molecule has 0 fully saturated rings. The van der Waals surface area contributed by atoms with Gasteiger partial charge in [-0.05, 0) is 18.6 Å². The van der Waals surface area contributed by atoms with E-state index in [0.717, 1.165) is 0 Å². The van der Waals surface area contributed by atoms with Crippen LogP contribution in [0.3, 0.4) is 0 Å². The molecule has 0 aromatic rings. The summed E-state index contributed by atoms with van der Waals surface area (Å²) in [6.07, 6.45) is 7.61. The van der Waals surface area contributed by atoms with E-state index in [-0.39, 0.29) is 0 Å². The first-order chi connectivity index (χ1) is 3.43. The summed E-state index contributed by atoms with van der Waals surface area (Å²) in [6, 6.07) is 0. The minimum atomic E-state index is 1.19. The van der Waals surface area contributed by atoms with Gasteiger partial charge in [-0.1, -0.05) is 6.08 Å². The predicted octanol–water partition coefficient (Wildman–Crippen LogP) is 1.53. The summed E-state index contributed by atoms with van der Waals surface area (Å²) in [5.74, 6) is 0. The van der Waals surface area contributed by atoms with E-state index in [1.54, 1.807) is 6.20 Å². The molecular formula is C6H7N. The molecule has 0 unspecified atom stereocenters. The Kier molecular flexibility index (Phi) is 1.07. The molecule has 0 aromatic heterocycles. The lowest BCUT2D eigenvalue weighted by Crippen LogP contribution is -1.67. The Balaban J connectivity index is 2.79. The van der Waals surface area contributed by atoms with E-state index in [1.807, 2.05) is 25.3 Å². The molecule has 0 aliphatic carbocycles. The number of nitrogens with zero attached hydrogens (tertiary/aromatic N) is 1. The van der Waals surface area contributed by atoms with Crippen molar-refractivity contribution < 1.29 is 0 Å².